The molecular formula is C14H14N2OS. The molecule has 0 aliphatic heterocycles. The molecule has 0 aliphatic rings. The number of amides is 1. The molecule has 0 radical (unpaired) electrons. The number of rotatable bonds is 3. The van der Waals surface area contributed by atoms with Gasteiger partial charge in [0.15, 0.2) is 0 Å². The number of carbonyl (C=O) groups is 1. The molecule has 2 aromatic rings. The second-order valence-electron chi connectivity index (χ2n) is 4.03. The van der Waals surface area contributed by atoms with Crippen molar-refractivity contribution in [2.75, 3.05) is 5.73 Å². The van der Waals surface area contributed by atoms with E-state index in [4.69, 9.17) is 11.5 Å². The number of hydrogen-bond acceptors (Lipinski definition) is 3. The summed E-state index contributed by atoms with van der Waals surface area (Å²) < 4.78 is 0. The van der Waals surface area contributed by atoms with E-state index in [-0.39, 0.29) is 0 Å². The highest BCUT2D eigenvalue weighted by atomic mass is 32.2. The predicted octanol–water partition coefficient (Wildman–Crippen LogP) is 2.83. The molecule has 1 amide bonds. The normalized spacial score (nSPS) is 10.3. The van der Waals surface area contributed by atoms with Crippen LogP contribution in [0.15, 0.2) is 52.3 Å². The first-order valence-corrected chi connectivity index (χ1v) is 6.32. The maximum atomic E-state index is 11.4. The molecular weight excluding hydrogens is 244 g/mol. The highest BCUT2D eigenvalue weighted by Gasteiger charge is 2.09. The number of carbonyl (C=O) groups excluding carboxylic acids is 1. The standard InChI is InChI=1S/C14H14N2OS/c1-9-2-5-11(6-3-9)18-13-7-4-10(15)8-12(13)14(16)17/h2-8H,15H2,1H3,(H2,16,17). The Balaban J connectivity index is 2.34. The van der Waals surface area contributed by atoms with Crippen molar-refractivity contribution in [2.45, 2.75) is 16.7 Å². The van der Waals surface area contributed by atoms with Crippen LogP contribution in [0, 0.1) is 6.92 Å². The maximum absolute atomic E-state index is 11.4. The van der Waals surface area contributed by atoms with E-state index < -0.39 is 5.91 Å². The second kappa shape index (κ2) is 5.14. The monoisotopic (exact) mass is 258 g/mol. The van der Waals surface area contributed by atoms with Gasteiger partial charge in [0, 0.05) is 15.5 Å². The lowest BCUT2D eigenvalue weighted by atomic mass is 10.2. The lowest BCUT2D eigenvalue weighted by Crippen LogP contribution is -2.12. The van der Waals surface area contributed by atoms with E-state index in [0.717, 1.165) is 9.79 Å². The number of nitrogen functional groups attached to an aromatic ring is 1. The predicted molar refractivity (Wildman–Crippen MR) is 74.7 cm³/mol. The molecule has 0 heterocycles. The quantitative estimate of drug-likeness (QED) is 0.832. The van der Waals surface area contributed by atoms with Crippen molar-refractivity contribution in [1.29, 1.82) is 0 Å². The fourth-order valence-electron chi connectivity index (χ4n) is 1.56. The molecule has 4 heteroatoms. The number of primary amides is 1. The van der Waals surface area contributed by atoms with Crippen LogP contribution in [0.25, 0.3) is 0 Å². The first-order chi connectivity index (χ1) is 8.56. The summed E-state index contributed by atoms with van der Waals surface area (Å²) in [7, 11) is 0. The van der Waals surface area contributed by atoms with Crippen LogP contribution < -0.4 is 11.5 Å². The van der Waals surface area contributed by atoms with E-state index in [2.05, 4.69) is 0 Å². The summed E-state index contributed by atoms with van der Waals surface area (Å²) in [6.07, 6.45) is 0. The summed E-state index contributed by atoms with van der Waals surface area (Å²) in [5.74, 6) is -0.461. The third-order valence-corrected chi connectivity index (χ3v) is 3.60. The highest BCUT2D eigenvalue weighted by Crippen LogP contribution is 2.31. The average Bonchev–Trinajstić information content (AvgIpc) is 2.34. The van der Waals surface area contributed by atoms with Gasteiger partial charge < -0.3 is 11.5 Å². The van der Waals surface area contributed by atoms with Gasteiger partial charge in [0.2, 0.25) is 5.91 Å². The van der Waals surface area contributed by atoms with Gasteiger partial charge in [-0.1, -0.05) is 29.5 Å². The number of aryl methyl sites for hydroxylation is 1. The fourth-order valence-corrected chi connectivity index (χ4v) is 2.49. The zero-order valence-electron chi connectivity index (χ0n) is 10.0. The van der Waals surface area contributed by atoms with Crippen LogP contribution in [-0.4, -0.2) is 5.91 Å². The van der Waals surface area contributed by atoms with Gasteiger partial charge in [0.1, 0.15) is 0 Å². The van der Waals surface area contributed by atoms with E-state index in [0.29, 0.717) is 11.3 Å². The summed E-state index contributed by atoms with van der Waals surface area (Å²) in [5, 5.41) is 0. The van der Waals surface area contributed by atoms with Crippen LogP contribution in [-0.2, 0) is 0 Å². The minimum Gasteiger partial charge on any atom is -0.399 e. The largest absolute Gasteiger partial charge is 0.399 e. The Morgan fingerprint density at radius 2 is 1.78 bits per heavy atom. The third kappa shape index (κ3) is 2.84. The molecule has 2 rings (SSSR count). The van der Waals surface area contributed by atoms with E-state index >= 15 is 0 Å². The van der Waals surface area contributed by atoms with E-state index in [1.165, 1.54) is 17.3 Å². The molecule has 0 atom stereocenters. The molecule has 0 aromatic heterocycles. The molecule has 2 aromatic carbocycles. The molecule has 92 valence electrons. The summed E-state index contributed by atoms with van der Waals surface area (Å²) in [6.45, 7) is 2.03. The summed E-state index contributed by atoms with van der Waals surface area (Å²) in [5.41, 5.74) is 13.2. The molecule has 0 aliphatic carbocycles. The van der Waals surface area contributed by atoms with Gasteiger partial charge >= 0.3 is 0 Å². The SMILES string of the molecule is Cc1ccc(Sc2ccc(N)cc2C(N)=O)cc1. The third-order valence-electron chi connectivity index (χ3n) is 2.52. The van der Waals surface area contributed by atoms with Gasteiger partial charge in [-0.3, -0.25) is 4.79 Å². The van der Waals surface area contributed by atoms with Crippen LogP contribution in [0.2, 0.25) is 0 Å². The van der Waals surface area contributed by atoms with E-state index in [9.17, 15) is 4.79 Å². The Labute approximate surface area is 110 Å². The van der Waals surface area contributed by atoms with Gasteiger partial charge in [0.25, 0.3) is 0 Å². The summed E-state index contributed by atoms with van der Waals surface area (Å²) in [4.78, 5) is 13.3. The van der Waals surface area contributed by atoms with Gasteiger partial charge in [-0.25, -0.2) is 0 Å². The van der Waals surface area contributed by atoms with Crippen LogP contribution in [0.5, 0.6) is 0 Å². The first-order valence-electron chi connectivity index (χ1n) is 5.50. The lowest BCUT2D eigenvalue weighted by molar-refractivity contribution is 0.0997. The van der Waals surface area contributed by atoms with Crippen molar-refractivity contribution in [1.82, 2.24) is 0 Å². The Morgan fingerprint density at radius 1 is 1.11 bits per heavy atom. The topological polar surface area (TPSA) is 69.1 Å². The van der Waals surface area contributed by atoms with E-state index in [1.807, 2.05) is 37.3 Å². The van der Waals surface area contributed by atoms with Gasteiger partial charge in [-0.15, -0.1) is 0 Å². The van der Waals surface area contributed by atoms with Crippen molar-refractivity contribution >= 4 is 23.4 Å². The molecule has 0 bridgehead atoms. The molecule has 0 saturated carbocycles. The summed E-state index contributed by atoms with van der Waals surface area (Å²) in [6, 6.07) is 13.3. The van der Waals surface area contributed by atoms with Gasteiger partial charge in [-0.2, -0.15) is 0 Å². The Hall–Kier alpha value is -1.94. The van der Waals surface area contributed by atoms with Gasteiger partial charge in [-0.05, 0) is 37.3 Å². The number of anilines is 1. The lowest BCUT2D eigenvalue weighted by Gasteiger charge is -2.07. The van der Waals surface area contributed by atoms with Crippen molar-refractivity contribution in [3.63, 3.8) is 0 Å². The number of benzene rings is 2. The second-order valence-corrected chi connectivity index (χ2v) is 5.15. The molecule has 3 nitrogen and oxygen atoms in total. The van der Waals surface area contributed by atoms with Gasteiger partial charge in [0.05, 0.1) is 5.56 Å². The maximum Gasteiger partial charge on any atom is 0.249 e. The van der Waals surface area contributed by atoms with Crippen LogP contribution >= 0.6 is 11.8 Å². The smallest absolute Gasteiger partial charge is 0.249 e. The fraction of sp³-hybridized carbons (Fsp3) is 0.0714. The van der Waals surface area contributed by atoms with E-state index in [1.54, 1.807) is 12.1 Å². The van der Waals surface area contributed by atoms with Crippen LogP contribution in [0.4, 0.5) is 5.69 Å². The first kappa shape index (κ1) is 12.5. The molecule has 0 saturated heterocycles. The average molecular weight is 258 g/mol. The minimum atomic E-state index is -0.461. The Kier molecular flexibility index (Phi) is 3.58. The molecule has 0 unspecified atom stereocenters. The number of nitrogens with two attached hydrogens (primary N) is 2. The molecule has 0 fully saturated rings. The Bertz CT molecular complexity index is 579. The minimum absolute atomic E-state index is 0.459. The van der Waals surface area contributed by atoms with Crippen molar-refractivity contribution in [2.24, 2.45) is 5.73 Å². The number of hydrogen-bond donors (Lipinski definition) is 2. The van der Waals surface area contributed by atoms with Crippen molar-refractivity contribution < 1.29 is 4.79 Å². The Morgan fingerprint density at radius 3 is 2.39 bits per heavy atom. The summed E-state index contributed by atoms with van der Waals surface area (Å²) >= 11 is 1.50. The zero-order chi connectivity index (χ0) is 13.1. The van der Waals surface area contributed by atoms with Crippen LogP contribution in [0.3, 0.4) is 0 Å². The van der Waals surface area contributed by atoms with Crippen molar-refractivity contribution in [3.8, 4) is 0 Å². The zero-order valence-corrected chi connectivity index (χ0v) is 10.8. The van der Waals surface area contributed by atoms with Crippen LogP contribution in [0.1, 0.15) is 15.9 Å². The molecule has 0 spiro atoms. The molecule has 4 N–H and O–H groups in total. The van der Waals surface area contributed by atoms with Crippen molar-refractivity contribution in [3.05, 3.63) is 53.6 Å². The molecule has 18 heavy (non-hydrogen) atoms. The highest BCUT2D eigenvalue weighted by molar-refractivity contribution is 7.99.